The van der Waals surface area contributed by atoms with E-state index in [0.717, 1.165) is 44.1 Å². The number of halogens is 1. The summed E-state index contributed by atoms with van der Waals surface area (Å²) in [5.74, 6) is -0.923. The zero-order valence-corrected chi connectivity index (χ0v) is 12.4. The summed E-state index contributed by atoms with van der Waals surface area (Å²) in [5.41, 5.74) is 4.57. The van der Waals surface area contributed by atoms with E-state index < -0.39 is 21.4 Å². The lowest BCUT2D eigenvalue weighted by Crippen LogP contribution is -2.56. The molecule has 8 heteroatoms. The first-order valence-corrected chi connectivity index (χ1v) is 8.33. The van der Waals surface area contributed by atoms with E-state index in [1.165, 1.54) is 0 Å². The Bertz CT molecular complexity index is 625. The van der Waals surface area contributed by atoms with Crippen LogP contribution in [0.15, 0.2) is 23.4 Å². The average Bonchev–Trinajstić information content (AvgIpc) is 2.65. The smallest absolute Gasteiger partial charge is 0.243 e. The lowest BCUT2D eigenvalue weighted by molar-refractivity contribution is 0.434. The van der Waals surface area contributed by atoms with Crippen molar-refractivity contribution in [3.8, 4) is 0 Å². The number of hydrogen-bond donors (Lipinski definition) is 3. The largest absolute Gasteiger partial charge is 0.386 e. The van der Waals surface area contributed by atoms with Gasteiger partial charge >= 0.3 is 0 Å². The van der Waals surface area contributed by atoms with Crippen LogP contribution in [0, 0.1) is 11.2 Å². The van der Waals surface area contributed by atoms with Gasteiger partial charge in [-0.15, -0.1) is 0 Å². The molecule has 0 aliphatic heterocycles. The lowest BCUT2D eigenvalue weighted by Gasteiger charge is -2.32. The molecule has 0 unspecified atom stereocenters. The molecule has 0 aromatic carbocycles. The minimum absolute atomic E-state index is 0.197. The molecule has 2 rings (SSSR count). The van der Waals surface area contributed by atoms with Gasteiger partial charge in [-0.2, -0.15) is 4.72 Å². The second kappa shape index (κ2) is 6.07. The standard InChI is InChI=1S/C13H19FN4O2S/c14-10-7-11(9-17-8-10)21(19,20)18-13(12(15)16)5-3-1-2-4-6-13/h7-9,18H,1-6H2,(H3,15,16). The second-order valence-corrected chi connectivity index (χ2v) is 7.04. The quantitative estimate of drug-likeness (QED) is 0.445. The van der Waals surface area contributed by atoms with Crippen LogP contribution < -0.4 is 10.5 Å². The highest BCUT2D eigenvalue weighted by Gasteiger charge is 2.38. The Labute approximate surface area is 123 Å². The molecule has 21 heavy (non-hydrogen) atoms. The zero-order valence-electron chi connectivity index (χ0n) is 11.6. The fourth-order valence-electron chi connectivity index (χ4n) is 2.61. The van der Waals surface area contributed by atoms with Crippen LogP contribution >= 0.6 is 0 Å². The Morgan fingerprint density at radius 1 is 1.29 bits per heavy atom. The molecular weight excluding hydrogens is 295 g/mol. The maximum Gasteiger partial charge on any atom is 0.243 e. The molecule has 1 aromatic rings. The fourth-order valence-corrected chi connectivity index (χ4v) is 4.03. The van der Waals surface area contributed by atoms with Crippen molar-refractivity contribution < 1.29 is 12.8 Å². The van der Waals surface area contributed by atoms with Crippen molar-refractivity contribution in [2.24, 2.45) is 5.73 Å². The number of nitrogens with one attached hydrogen (secondary N) is 2. The SMILES string of the molecule is N=C(N)C1(NS(=O)(=O)c2cncc(F)c2)CCCCCC1. The van der Waals surface area contributed by atoms with Gasteiger partial charge in [0.05, 0.1) is 11.7 Å². The first kappa shape index (κ1) is 15.8. The Kier molecular flexibility index (Phi) is 4.58. The molecular formula is C13H19FN4O2S. The summed E-state index contributed by atoms with van der Waals surface area (Å²) in [7, 11) is -3.98. The van der Waals surface area contributed by atoms with E-state index in [0.29, 0.717) is 12.8 Å². The number of nitrogens with zero attached hydrogens (tertiary/aromatic N) is 1. The number of sulfonamides is 1. The molecule has 0 bridgehead atoms. The van der Waals surface area contributed by atoms with E-state index in [1.807, 2.05) is 0 Å². The van der Waals surface area contributed by atoms with Gasteiger partial charge < -0.3 is 5.73 Å². The predicted octanol–water partition coefficient (Wildman–Crippen LogP) is 1.53. The maximum absolute atomic E-state index is 13.2. The van der Waals surface area contributed by atoms with Crippen LogP contribution in [0.2, 0.25) is 0 Å². The van der Waals surface area contributed by atoms with Gasteiger partial charge in [-0.3, -0.25) is 10.4 Å². The molecule has 1 fully saturated rings. The molecule has 1 aliphatic carbocycles. The number of aromatic nitrogens is 1. The van der Waals surface area contributed by atoms with Crippen LogP contribution in [0.25, 0.3) is 0 Å². The highest BCUT2D eigenvalue weighted by atomic mass is 32.2. The third kappa shape index (κ3) is 3.56. The zero-order chi connectivity index (χ0) is 15.5. The van der Waals surface area contributed by atoms with E-state index in [4.69, 9.17) is 11.1 Å². The van der Waals surface area contributed by atoms with Gasteiger partial charge in [-0.05, 0) is 18.9 Å². The van der Waals surface area contributed by atoms with Crippen LogP contribution in [0.1, 0.15) is 38.5 Å². The summed E-state index contributed by atoms with van der Waals surface area (Å²) in [6.07, 6.45) is 6.53. The molecule has 1 heterocycles. The second-order valence-electron chi connectivity index (χ2n) is 5.35. The topological polar surface area (TPSA) is 109 Å². The lowest BCUT2D eigenvalue weighted by atomic mass is 9.90. The molecule has 1 aliphatic rings. The van der Waals surface area contributed by atoms with Gasteiger partial charge in [0.15, 0.2) is 0 Å². The third-order valence-corrected chi connectivity index (χ3v) is 5.30. The molecule has 116 valence electrons. The number of nitrogens with two attached hydrogens (primary N) is 1. The van der Waals surface area contributed by atoms with Gasteiger partial charge in [-0.1, -0.05) is 25.7 Å². The van der Waals surface area contributed by atoms with Crippen LogP contribution in [-0.2, 0) is 10.0 Å². The van der Waals surface area contributed by atoms with E-state index in [-0.39, 0.29) is 10.7 Å². The Morgan fingerprint density at radius 3 is 2.43 bits per heavy atom. The van der Waals surface area contributed by atoms with Crippen molar-refractivity contribution in [2.75, 3.05) is 0 Å². The monoisotopic (exact) mass is 314 g/mol. The van der Waals surface area contributed by atoms with Crippen LogP contribution in [0.4, 0.5) is 4.39 Å². The van der Waals surface area contributed by atoms with Crippen molar-refractivity contribution in [1.29, 1.82) is 5.41 Å². The molecule has 0 spiro atoms. The summed E-state index contributed by atoms with van der Waals surface area (Å²) in [4.78, 5) is 3.29. The minimum Gasteiger partial charge on any atom is -0.386 e. The van der Waals surface area contributed by atoms with Crippen molar-refractivity contribution in [3.05, 3.63) is 24.3 Å². The highest BCUT2D eigenvalue weighted by Crippen LogP contribution is 2.29. The number of amidine groups is 1. The summed E-state index contributed by atoms with van der Waals surface area (Å²) < 4.78 is 40.5. The summed E-state index contributed by atoms with van der Waals surface area (Å²) >= 11 is 0. The number of pyridine rings is 1. The fraction of sp³-hybridized carbons (Fsp3) is 0.538. The normalized spacial score (nSPS) is 18.9. The van der Waals surface area contributed by atoms with Gasteiger partial charge in [0.1, 0.15) is 16.5 Å². The van der Waals surface area contributed by atoms with E-state index in [9.17, 15) is 12.8 Å². The van der Waals surface area contributed by atoms with E-state index in [1.54, 1.807) is 0 Å². The first-order valence-electron chi connectivity index (χ1n) is 6.85. The number of rotatable bonds is 4. The van der Waals surface area contributed by atoms with Crippen molar-refractivity contribution >= 4 is 15.9 Å². The van der Waals surface area contributed by atoms with Gasteiger partial charge in [0.25, 0.3) is 0 Å². The van der Waals surface area contributed by atoms with Gasteiger partial charge in [0.2, 0.25) is 10.0 Å². The number of hydrogen-bond acceptors (Lipinski definition) is 4. The van der Waals surface area contributed by atoms with Crippen molar-refractivity contribution in [2.45, 2.75) is 49.0 Å². The summed E-state index contributed by atoms with van der Waals surface area (Å²) in [6, 6.07) is 0.903. The molecule has 1 saturated carbocycles. The molecule has 0 radical (unpaired) electrons. The van der Waals surface area contributed by atoms with Crippen molar-refractivity contribution in [3.63, 3.8) is 0 Å². The summed E-state index contributed by atoms with van der Waals surface area (Å²) in [6.45, 7) is 0. The Morgan fingerprint density at radius 2 is 1.90 bits per heavy atom. The molecule has 0 amide bonds. The molecule has 0 atom stereocenters. The Hall–Kier alpha value is -1.54. The van der Waals surface area contributed by atoms with Crippen molar-refractivity contribution in [1.82, 2.24) is 9.71 Å². The Balaban J connectivity index is 2.33. The highest BCUT2D eigenvalue weighted by molar-refractivity contribution is 7.89. The maximum atomic E-state index is 13.2. The van der Waals surface area contributed by atoms with E-state index in [2.05, 4.69) is 9.71 Å². The van der Waals surface area contributed by atoms with Crippen LogP contribution in [0.5, 0.6) is 0 Å². The average molecular weight is 314 g/mol. The predicted molar refractivity (Wildman–Crippen MR) is 76.9 cm³/mol. The van der Waals surface area contributed by atoms with Crippen LogP contribution in [-0.4, -0.2) is 24.8 Å². The molecule has 6 nitrogen and oxygen atoms in total. The van der Waals surface area contributed by atoms with Gasteiger partial charge in [-0.25, -0.2) is 12.8 Å². The van der Waals surface area contributed by atoms with E-state index >= 15 is 0 Å². The molecule has 0 saturated heterocycles. The van der Waals surface area contributed by atoms with Gasteiger partial charge in [0, 0.05) is 6.20 Å². The first-order chi connectivity index (χ1) is 9.86. The molecule has 4 N–H and O–H groups in total. The third-order valence-electron chi connectivity index (χ3n) is 3.79. The summed E-state index contributed by atoms with van der Waals surface area (Å²) in [5, 5.41) is 7.78. The molecule has 1 aromatic heterocycles. The minimum atomic E-state index is -3.98. The van der Waals surface area contributed by atoms with Crippen LogP contribution in [0.3, 0.4) is 0 Å².